The topological polar surface area (TPSA) is 29.5 Å². The summed E-state index contributed by atoms with van der Waals surface area (Å²) in [5.41, 5.74) is 2.78. The van der Waals surface area contributed by atoms with Crippen molar-refractivity contribution < 1.29 is 9.84 Å². The second-order valence-electron chi connectivity index (χ2n) is 3.71. The molecule has 0 heterocycles. The molecule has 86 valence electrons. The Labute approximate surface area is 101 Å². The molecule has 2 rings (SSSR count). The summed E-state index contributed by atoms with van der Waals surface area (Å²) < 4.78 is 5.29. The molecule has 0 bridgehead atoms. The summed E-state index contributed by atoms with van der Waals surface area (Å²) in [6, 6.07) is 7.83. The average Bonchev–Trinajstić information content (AvgIpc) is 2.90. The molecule has 2 heteroatoms. The van der Waals surface area contributed by atoms with E-state index in [1.807, 2.05) is 36.4 Å². The Morgan fingerprint density at radius 2 is 1.82 bits per heavy atom. The summed E-state index contributed by atoms with van der Waals surface area (Å²) in [7, 11) is 0. The van der Waals surface area contributed by atoms with Crippen molar-refractivity contribution in [3.63, 3.8) is 0 Å². The van der Waals surface area contributed by atoms with Crippen LogP contribution >= 0.6 is 0 Å². The molecule has 0 unspecified atom stereocenters. The van der Waals surface area contributed by atoms with Gasteiger partial charge in [-0.1, -0.05) is 49.1 Å². The Kier molecular flexibility index (Phi) is 3.46. The highest BCUT2D eigenvalue weighted by molar-refractivity contribution is 5.47. The number of hydrogen-bond donors (Lipinski definition) is 1. The average molecular weight is 226 g/mol. The zero-order valence-electron chi connectivity index (χ0n) is 9.47. The van der Waals surface area contributed by atoms with Crippen LogP contribution in [0.15, 0.2) is 66.7 Å². The largest absolute Gasteiger partial charge is 0.481 e. The minimum absolute atomic E-state index is 0.0391. The van der Waals surface area contributed by atoms with Gasteiger partial charge in [0.1, 0.15) is 6.61 Å². The van der Waals surface area contributed by atoms with Gasteiger partial charge < -0.3 is 9.84 Å². The van der Waals surface area contributed by atoms with E-state index in [1.165, 1.54) is 0 Å². The Balaban J connectivity index is 1.97. The smallest absolute Gasteiger partial charge is 0.284 e. The molecule has 0 aliphatic heterocycles. The zero-order valence-corrected chi connectivity index (χ0v) is 9.47. The molecule has 0 radical (unpaired) electrons. The lowest BCUT2D eigenvalue weighted by molar-refractivity contribution is 0.0807. The van der Waals surface area contributed by atoms with Gasteiger partial charge in [0.2, 0.25) is 0 Å². The number of aliphatic hydroxyl groups excluding tert-OH is 1. The molecular formula is C15H14O2. The van der Waals surface area contributed by atoms with E-state index in [0.717, 1.165) is 11.1 Å². The van der Waals surface area contributed by atoms with E-state index in [2.05, 4.69) is 6.58 Å². The number of hydrogen-bond acceptors (Lipinski definition) is 2. The second kappa shape index (κ2) is 5.21. The summed E-state index contributed by atoms with van der Waals surface area (Å²) >= 11 is 0. The number of rotatable bonds is 4. The first kappa shape index (κ1) is 11.3. The quantitative estimate of drug-likeness (QED) is 0.792. The van der Waals surface area contributed by atoms with E-state index in [4.69, 9.17) is 4.74 Å². The molecule has 0 saturated carbocycles. The van der Waals surface area contributed by atoms with Crippen LogP contribution in [-0.2, 0) is 11.3 Å². The maximum absolute atomic E-state index is 9.65. The van der Waals surface area contributed by atoms with E-state index >= 15 is 0 Å². The first-order valence-electron chi connectivity index (χ1n) is 5.42. The van der Waals surface area contributed by atoms with E-state index in [1.54, 1.807) is 18.2 Å². The van der Waals surface area contributed by atoms with E-state index in [9.17, 15) is 5.11 Å². The van der Waals surface area contributed by atoms with Crippen molar-refractivity contribution in [1.82, 2.24) is 0 Å². The van der Waals surface area contributed by atoms with Gasteiger partial charge in [0.15, 0.2) is 0 Å². The first-order valence-corrected chi connectivity index (χ1v) is 5.42. The van der Waals surface area contributed by atoms with Gasteiger partial charge in [0.05, 0.1) is 5.57 Å². The molecule has 0 fully saturated rings. The highest BCUT2D eigenvalue weighted by Gasteiger charge is 2.03. The number of allylic oxidation sites excluding steroid dienone is 5. The van der Waals surface area contributed by atoms with Crippen molar-refractivity contribution in [1.29, 1.82) is 0 Å². The van der Waals surface area contributed by atoms with Crippen molar-refractivity contribution >= 4 is 6.08 Å². The number of aliphatic hydroxyl groups is 1. The summed E-state index contributed by atoms with van der Waals surface area (Å²) in [6.45, 7) is 4.05. The fraction of sp³-hybridized carbons (Fsp3) is 0.0667. The molecule has 0 amide bonds. The minimum atomic E-state index is -0.0391. The Morgan fingerprint density at radius 1 is 1.18 bits per heavy atom. The van der Waals surface area contributed by atoms with Gasteiger partial charge in [-0.25, -0.2) is 0 Å². The molecule has 2 nitrogen and oxygen atoms in total. The SMILES string of the molecule is C=Cc1ccc(COC(O)=C2C=CC=C2)cc1. The standard InChI is InChI=1S/C15H14O2/c1-2-12-7-9-13(10-8-12)11-17-15(16)14-5-3-4-6-14/h2-10,16H,1,11H2. The Morgan fingerprint density at radius 3 is 2.41 bits per heavy atom. The third-order valence-electron chi connectivity index (χ3n) is 2.50. The summed E-state index contributed by atoms with van der Waals surface area (Å²) in [4.78, 5) is 0. The Bertz CT molecular complexity index is 476. The molecule has 1 aromatic carbocycles. The zero-order chi connectivity index (χ0) is 12.1. The third kappa shape index (κ3) is 2.88. The molecule has 0 aromatic heterocycles. The van der Waals surface area contributed by atoms with Crippen molar-refractivity contribution in [2.75, 3.05) is 0 Å². The van der Waals surface area contributed by atoms with Crippen LogP contribution < -0.4 is 0 Å². The van der Waals surface area contributed by atoms with Crippen molar-refractivity contribution in [3.8, 4) is 0 Å². The lowest BCUT2D eigenvalue weighted by atomic mass is 10.1. The van der Waals surface area contributed by atoms with Crippen LogP contribution in [0.5, 0.6) is 0 Å². The van der Waals surface area contributed by atoms with Crippen LogP contribution in [0.2, 0.25) is 0 Å². The van der Waals surface area contributed by atoms with Crippen molar-refractivity contribution in [3.05, 3.63) is 77.8 Å². The summed E-state index contributed by atoms with van der Waals surface area (Å²) in [5.74, 6) is -0.0391. The normalized spacial score (nSPS) is 12.8. The molecule has 1 aliphatic carbocycles. The van der Waals surface area contributed by atoms with Gasteiger partial charge in [-0.15, -0.1) is 0 Å². The second-order valence-corrected chi connectivity index (χ2v) is 3.71. The highest BCUT2D eigenvalue weighted by atomic mass is 16.6. The summed E-state index contributed by atoms with van der Waals surface area (Å²) in [6.07, 6.45) is 9.10. The van der Waals surface area contributed by atoms with Crippen molar-refractivity contribution in [2.24, 2.45) is 0 Å². The highest BCUT2D eigenvalue weighted by Crippen LogP contribution is 2.14. The lowest BCUT2D eigenvalue weighted by Gasteiger charge is -2.06. The maximum Gasteiger partial charge on any atom is 0.284 e. The van der Waals surface area contributed by atoms with Gasteiger partial charge in [-0.3, -0.25) is 0 Å². The van der Waals surface area contributed by atoms with Gasteiger partial charge in [-0.2, -0.15) is 0 Å². The lowest BCUT2D eigenvalue weighted by Crippen LogP contribution is -1.95. The number of benzene rings is 1. The predicted molar refractivity (Wildman–Crippen MR) is 69.3 cm³/mol. The van der Waals surface area contributed by atoms with Crippen LogP contribution in [0.25, 0.3) is 6.08 Å². The molecular weight excluding hydrogens is 212 g/mol. The van der Waals surface area contributed by atoms with Crippen LogP contribution in [0, 0.1) is 0 Å². The molecule has 1 aliphatic rings. The first-order chi connectivity index (χ1) is 8.29. The van der Waals surface area contributed by atoms with E-state index in [-0.39, 0.29) is 5.95 Å². The fourth-order valence-corrected chi connectivity index (χ4v) is 1.50. The minimum Gasteiger partial charge on any atom is -0.481 e. The van der Waals surface area contributed by atoms with Crippen LogP contribution in [-0.4, -0.2) is 5.11 Å². The molecule has 1 N–H and O–H groups in total. The molecule has 17 heavy (non-hydrogen) atoms. The molecule has 0 saturated heterocycles. The van der Waals surface area contributed by atoms with E-state index in [0.29, 0.717) is 12.2 Å². The maximum atomic E-state index is 9.65. The van der Waals surface area contributed by atoms with Crippen LogP contribution in [0.3, 0.4) is 0 Å². The van der Waals surface area contributed by atoms with Gasteiger partial charge >= 0.3 is 0 Å². The Hall–Kier alpha value is -2.22. The van der Waals surface area contributed by atoms with Gasteiger partial charge in [-0.05, 0) is 23.3 Å². The van der Waals surface area contributed by atoms with Gasteiger partial charge in [0.25, 0.3) is 5.95 Å². The van der Waals surface area contributed by atoms with Crippen LogP contribution in [0.1, 0.15) is 11.1 Å². The fourth-order valence-electron chi connectivity index (χ4n) is 1.50. The monoisotopic (exact) mass is 226 g/mol. The number of ether oxygens (including phenoxy) is 1. The van der Waals surface area contributed by atoms with E-state index < -0.39 is 0 Å². The predicted octanol–water partition coefficient (Wildman–Crippen LogP) is 3.74. The molecule has 0 atom stereocenters. The summed E-state index contributed by atoms with van der Waals surface area (Å²) in [5, 5.41) is 9.65. The van der Waals surface area contributed by atoms with Crippen LogP contribution in [0.4, 0.5) is 0 Å². The third-order valence-corrected chi connectivity index (χ3v) is 2.50. The van der Waals surface area contributed by atoms with Crippen molar-refractivity contribution in [2.45, 2.75) is 6.61 Å². The molecule has 0 spiro atoms. The molecule has 1 aromatic rings. The van der Waals surface area contributed by atoms with Gasteiger partial charge in [0, 0.05) is 0 Å².